The van der Waals surface area contributed by atoms with Crippen molar-refractivity contribution < 1.29 is 4.79 Å². The van der Waals surface area contributed by atoms with Crippen LogP contribution in [0.15, 0.2) is 54.9 Å². The Morgan fingerprint density at radius 3 is 2.28 bits per heavy atom. The Labute approximate surface area is 155 Å². The van der Waals surface area contributed by atoms with Gasteiger partial charge in [0.25, 0.3) is 5.91 Å². The zero-order valence-corrected chi connectivity index (χ0v) is 14.8. The average molecular weight is 373 g/mol. The molecule has 0 aliphatic rings. The van der Waals surface area contributed by atoms with Crippen LogP contribution in [0, 0.1) is 6.92 Å². The number of halogens is 2. The van der Waals surface area contributed by atoms with E-state index >= 15 is 0 Å². The maximum absolute atomic E-state index is 12.3. The zero-order valence-electron chi connectivity index (χ0n) is 13.3. The number of aryl methyl sites for hydroxylation is 1. The number of nitrogens with one attached hydrogen (secondary N) is 2. The molecule has 0 saturated heterocycles. The third kappa shape index (κ3) is 4.47. The van der Waals surface area contributed by atoms with E-state index < -0.39 is 0 Å². The summed E-state index contributed by atoms with van der Waals surface area (Å²) in [6.45, 7) is 1.99. The van der Waals surface area contributed by atoms with Gasteiger partial charge in [0.15, 0.2) is 0 Å². The Bertz CT molecular complexity index is 893. The Balaban J connectivity index is 1.71. The first-order chi connectivity index (χ1) is 12.0. The summed E-state index contributed by atoms with van der Waals surface area (Å²) in [5.74, 6) is 0.0671. The first-order valence-corrected chi connectivity index (χ1v) is 8.19. The second kappa shape index (κ2) is 7.51. The van der Waals surface area contributed by atoms with Crippen molar-refractivity contribution in [2.45, 2.75) is 6.92 Å². The number of aromatic nitrogens is 2. The van der Waals surface area contributed by atoms with E-state index in [2.05, 4.69) is 20.6 Å². The van der Waals surface area contributed by atoms with Crippen LogP contribution in [0.25, 0.3) is 0 Å². The predicted molar refractivity (Wildman–Crippen MR) is 101 cm³/mol. The minimum Gasteiger partial charge on any atom is -0.324 e. The fourth-order valence-electron chi connectivity index (χ4n) is 2.17. The fourth-order valence-corrected chi connectivity index (χ4v) is 2.70. The second-order valence-corrected chi connectivity index (χ2v) is 6.22. The van der Waals surface area contributed by atoms with Gasteiger partial charge in [-0.1, -0.05) is 41.4 Å². The predicted octanol–water partition coefficient (Wildman–Crippen LogP) is 5.09. The molecule has 3 aromatic rings. The van der Waals surface area contributed by atoms with Gasteiger partial charge in [-0.15, -0.1) is 0 Å². The third-order valence-electron chi connectivity index (χ3n) is 3.43. The van der Waals surface area contributed by atoms with Gasteiger partial charge in [-0.25, -0.2) is 9.97 Å². The van der Waals surface area contributed by atoms with Gasteiger partial charge in [-0.05, 0) is 36.8 Å². The number of benzene rings is 2. The number of amides is 1. The summed E-state index contributed by atoms with van der Waals surface area (Å²) in [7, 11) is 0. The molecule has 0 fully saturated rings. The summed E-state index contributed by atoms with van der Waals surface area (Å²) >= 11 is 11.8. The summed E-state index contributed by atoms with van der Waals surface area (Å²) in [5.41, 5.74) is 2.81. The van der Waals surface area contributed by atoms with Crippen LogP contribution in [0.4, 0.5) is 17.3 Å². The number of carbonyl (C=O) groups is 1. The maximum Gasteiger partial charge on any atom is 0.258 e. The smallest absolute Gasteiger partial charge is 0.258 e. The Morgan fingerprint density at radius 1 is 1.00 bits per heavy atom. The third-order valence-corrected chi connectivity index (χ3v) is 3.86. The van der Waals surface area contributed by atoms with E-state index in [4.69, 9.17) is 23.2 Å². The van der Waals surface area contributed by atoms with Crippen LogP contribution in [0.2, 0.25) is 10.0 Å². The van der Waals surface area contributed by atoms with Gasteiger partial charge >= 0.3 is 0 Å². The molecule has 0 radical (unpaired) electrons. The summed E-state index contributed by atoms with van der Waals surface area (Å²) in [6, 6.07) is 12.6. The summed E-state index contributed by atoms with van der Waals surface area (Å²) in [6.07, 6.45) is 2.91. The number of hydrogen-bond donors (Lipinski definition) is 2. The highest BCUT2D eigenvalue weighted by atomic mass is 35.5. The minimum absolute atomic E-state index is 0.325. The Morgan fingerprint density at radius 2 is 1.64 bits per heavy atom. The lowest BCUT2D eigenvalue weighted by Gasteiger charge is -2.09. The number of carbonyl (C=O) groups excluding carboxylic acids is 1. The highest BCUT2D eigenvalue weighted by Gasteiger charge is 2.09. The summed E-state index contributed by atoms with van der Waals surface area (Å²) in [5, 5.41) is 6.71. The molecule has 126 valence electrons. The van der Waals surface area contributed by atoms with E-state index in [0.29, 0.717) is 27.2 Å². The van der Waals surface area contributed by atoms with E-state index in [0.717, 1.165) is 11.3 Å². The average Bonchev–Trinajstić information content (AvgIpc) is 2.56. The topological polar surface area (TPSA) is 66.9 Å². The van der Waals surface area contributed by atoms with E-state index in [-0.39, 0.29) is 5.91 Å². The van der Waals surface area contributed by atoms with E-state index in [9.17, 15) is 4.79 Å². The maximum atomic E-state index is 12.3. The van der Waals surface area contributed by atoms with Gasteiger partial charge in [0.05, 0.1) is 5.56 Å². The standard InChI is InChI=1S/C18H14Cl2N4O/c1-11-4-2-3-5-16(11)24-18-21-9-12(10-22-18)17(25)23-15-7-13(19)6-14(20)8-15/h2-10H,1H3,(H,23,25)(H,21,22,24). The first-order valence-electron chi connectivity index (χ1n) is 7.43. The summed E-state index contributed by atoms with van der Waals surface area (Å²) < 4.78 is 0. The molecule has 5 nitrogen and oxygen atoms in total. The second-order valence-electron chi connectivity index (χ2n) is 5.35. The van der Waals surface area contributed by atoms with Crippen molar-refractivity contribution in [2.75, 3.05) is 10.6 Å². The first kappa shape index (κ1) is 17.2. The highest BCUT2D eigenvalue weighted by molar-refractivity contribution is 6.35. The molecule has 0 saturated carbocycles. The Kier molecular flexibility index (Phi) is 5.16. The van der Waals surface area contributed by atoms with Crippen LogP contribution >= 0.6 is 23.2 Å². The van der Waals surface area contributed by atoms with Crippen LogP contribution in [0.1, 0.15) is 15.9 Å². The van der Waals surface area contributed by atoms with Crippen molar-refractivity contribution in [1.29, 1.82) is 0 Å². The number of anilines is 3. The van der Waals surface area contributed by atoms with Crippen molar-refractivity contribution >= 4 is 46.4 Å². The zero-order chi connectivity index (χ0) is 17.8. The lowest BCUT2D eigenvalue weighted by molar-refractivity contribution is 0.102. The fraction of sp³-hybridized carbons (Fsp3) is 0.0556. The Hall–Kier alpha value is -2.63. The number of nitrogens with zero attached hydrogens (tertiary/aromatic N) is 2. The van der Waals surface area contributed by atoms with E-state index in [1.807, 2.05) is 31.2 Å². The van der Waals surface area contributed by atoms with Gasteiger partial charge in [0, 0.05) is 33.8 Å². The highest BCUT2D eigenvalue weighted by Crippen LogP contribution is 2.23. The monoisotopic (exact) mass is 372 g/mol. The minimum atomic E-state index is -0.347. The van der Waals surface area contributed by atoms with Crippen molar-refractivity contribution in [1.82, 2.24) is 9.97 Å². The molecule has 0 atom stereocenters. The molecule has 0 aliphatic heterocycles. The van der Waals surface area contributed by atoms with Gasteiger partial charge in [0.1, 0.15) is 0 Å². The molecule has 0 unspecified atom stereocenters. The van der Waals surface area contributed by atoms with Crippen LogP contribution in [-0.4, -0.2) is 15.9 Å². The van der Waals surface area contributed by atoms with Gasteiger partial charge in [-0.2, -0.15) is 0 Å². The van der Waals surface area contributed by atoms with E-state index in [1.54, 1.807) is 18.2 Å². The molecule has 0 bridgehead atoms. The molecule has 0 spiro atoms. The molecular formula is C18H14Cl2N4O. The van der Waals surface area contributed by atoms with Crippen LogP contribution in [0.5, 0.6) is 0 Å². The van der Waals surface area contributed by atoms with Gasteiger partial charge < -0.3 is 10.6 Å². The molecule has 3 rings (SSSR count). The van der Waals surface area contributed by atoms with E-state index in [1.165, 1.54) is 12.4 Å². The quantitative estimate of drug-likeness (QED) is 0.669. The van der Waals surface area contributed by atoms with Crippen molar-refractivity contribution in [2.24, 2.45) is 0 Å². The molecule has 1 heterocycles. The van der Waals surface area contributed by atoms with Crippen LogP contribution in [-0.2, 0) is 0 Å². The molecular weight excluding hydrogens is 359 g/mol. The van der Waals surface area contributed by atoms with Gasteiger partial charge in [-0.3, -0.25) is 4.79 Å². The normalized spacial score (nSPS) is 10.4. The molecule has 1 aromatic heterocycles. The largest absolute Gasteiger partial charge is 0.324 e. The SMILES string of the molecule is Cc1ccccc1Nc1ncc(C(=O)Nc2cc(Cl)cc(Cl)c2)cn1. The molecule has 2 aromatic carbocycles. The van der Waals surface area contributed by atoms with Crippen molar-refractivity contribution in [3.8, 4) is 0 Å². The molecule has 2 N–H and O–H groups in total. The van der Waals surface area contributed by atoms with Crippen molar-refractivity contribution in [3.05, 3.63) is 76.0 Å². The van der Waals surface area contributed by atoms with Crippen molar-refractivity contribution in [3.63, 3.8) is 0 Å². The molecule has 0 aliphatic carbocycles. The molecule has 1 amide bonds. The lowest BCUT2D eigenvalue weighted by atomic mass is 10.2. The lowest BCUT2D eigenvalue weighted by Crippen LogP contribution is -2.13. The number of para-hydroxylation sites is 1. The van der Waals surface area contributed by atoms with Crippen LogP contribution < -0.4 is 10.6 Å². The molecule has 25 heavy (non-hydrogen) atoms. The molecule has 7 heteroatoms. The summed E-state index contributed by atoms with van der Waals surface area (Å²) in [4.78, 5) is 20.6. The number of hydrogen-bond acceptors (Lipinski definition) is 4. The van der Waals surface area contributed by atoms with Crippen LogP contribution in [0.3, 0.4) is 0 Å². The number of rotatable bonds is 4. The van der Waals surface area contributed by atoms with Gasteiger partial charge in [0.2, 0.25) is 5.95 Å².